The second-order valence-corrected chi connectivity index (χ2v) is 9.09. The minimum atomic E-state index is -3.81. The summed E-state index contributed by atoms with van der Waals surface area (Å²) in [5.41, 5.74) is 1.81. The number of hydrogen-bond donors (Lipinski definition) is 2. The molecule has 5 nitrogen and oxygen atoms in total. The van der Waals surface area contributed by atoms with Crippen molar-refractivity contribution in [2.75, 3.05) is 0 Å². The Morgan fingerprint density at radius 2 is 1.67 bits per heavy atom. The molecule has 2 N–H and O–H groups in total. The molecule has 146 valence electrons. The molecule has 0 bridgehead atoms. The van der Waals surface area contributed by atoms with Crippen molar-refractivity contribution in [3.63, 3.8) is 0 Å². The fourth-order valence-corrected chi connectivity index (χ4v) is 4.15. The van der Waals surface area contributed by atoms with Crippen molar-refractivity contribution in [3.05, 3.63) is 64.7 Å². The molecule has 2 aromatic rings. The fraction of sp³-hybridized carbons (Fsp3) is 0.350. The Balaban J connectivity index is 2.16. The summed E-state index contributed by atoms with van der Waals surface area (Å²) < 4.78 is 27.8. The van der Waals surface area contributed by atoms with E-state index in [1.807, 2.05) is 19.9 Å². The van der Waals surface area contributed by atoms with Crippen molar-refractivity contribution >= 4 is 27.5 Å². The Morgan fingerprint density at radius 3 is 2.22 bits per heavy atom. The first-order valence-electron chi connectivity index (χ1n) is 8.75. The summed E-state index contributed by atoms with van der Waals surface area (Å²) in [6, 6.07) is 12.5. The number of aryl methyl sites for hydroxylation is 1. The van der Waals surface area contributed by atoms with Crippen molar-refractivity contribution in [1.29, 1.82) is 0 Å². The third kappa shape index (κ3) is 5.79. The Bertz CT molecular complexity index is 896. The van der Waals surface area contributed by atoms with Gasteiger partial charge >= 0.3 is 0 Å². The second kappa shape index (κ2) is 8.87. The minimum absolute atomic E-state index is 0.134. The van der Waals surface area contributed by atoms with E-state index >= 15 is 0 Å². The molecule has 0 heterocycles. The molecule has 27 heavy (non-hydrogen) atoms. The molecule has 0 saturated heterocycles. The van der Waals surface area contributed by atoms with Crippen LogP contribution in [0.4, 0.5) is 0 Å². The summed E-state index contributed by atoms with van der Waals surface area (Å²) in [7, 11) is -3.81. The van der Waals surface area contributed by atoms with Crippen molar-refractivity contribution in [2.45, 2.75) is 44.7 Å². The van der Waals surface area contributed by atoms with Gasteiger partial charge in [-0.25, -0.2) is 8.42 Å². The van der Waals surface area contributed by atoms with Gasteiger partial charge in [-0.1, -0.05) is 55.3 Å². The summed E-state index contributed by atoms with van der Waals surface area (Å²) in [5, 5.41) is 3.44. The van der Waals surface area contributed by atoms with Crippen LogP contribution in [0.15, 0.2) is 53.4 Å². The van der Waals surface area contributed by atoms with Crippen molar-refractivity contribution in [1.82, 2.24) is 10.0 Å². The Kier molecular flexibility index (Phi) is 7.03. The second-order valence-electron chi connectivity index (χ2n) is 6.94. The SMILES string of the molecule is Cc1ccc(S(=O)(=O)N[C@@H](C(=O)N[C@H](C)c2cccc(Cl)c2)C(C)C)cc1. The van der Waals surface area contributed by atoms with Crippen LogP contribution in [0.5, 0.6) is 0 Å². The number of hydrogen-bond acceptors (Lipinski definition) is 3. The molecule has 0 aromatic heterocycles. The van der Waals surface area contributed by atoms with E-state index in [1.54, 1.807) is 44.2 Å². The smallest absolute Gasteiger partial charge is 0.241 e. The van der Waals surface area contributed by atoms with Gasteiger partial charge in [0, 0.05) is 5.02 Å². The molecule has 0 radical (unpaired) electrons. The maximum Gasteiger partial charge on any atom is 0.241 e. The van der Waals surface area contributed by atoms with E-state index < -0.39 is 16.1 Å². The topological polar surface area (TPSA) is 75.3 Å². The summed E-state index contributed by atoms with van der Waals surface area (Å²) >= 11 is 6.00. The Hall–Kier alpha value is -1.89. The fourth-order valence-electron chi connectivity index (χ4n) is 2.61. The molecule has 0 fully saturated rings. The van der Waals surface area contributed by atoms with Gasteiger partial charge in [-0.15, -0.1) is 0 Å². The van der Waals surface area contributed by atoms with Crippen LogP contribution in [0, 0.1) is 12.8 Å². The van der Waals surface area contributed by atoms with Crippen LogP contribution in [0.1, 0.15) is 37.9 Å². The highest BCUT2D eigenvalue weighted by atomic mass is 35.5. The van der Waals surface area contributed by atoms with Gasteiger partial charge in [0.25, 0.3) is 0 Å². The third-order valence-corrected chi connectivity index (χ3v) is 5.96. The molecule has 7 heteroatoms. The summed E-state index contributed by atoms with van der Waals surface area (Å²) in [5.74, 6) is -0.607. The van der Waals surface area contributed by atoms with Gasteiger partial charge in [0.05, 0.1) is 10.9 Å². The van der Waals surface area contributed by atoms with Crippen LogP contribution in [0.2, 0.25) is 5.02 Å². The molecule has 0 spiro atoms. The zero-order chi connectivity index (χ0) is 20.2. The highest BCUT2D eigenvalue weighted by Crippen LogP contribution is 2.18. The molecule has 2 atom stereocenters. The first-order valence-corrected chi connectivity index (χ1v) is 10.6. The lowest BCUT2D eigenvalue weighted by atomic mass is 10.0. The monoisotopic (exact) mass is 408 g/mol. The predicted octanol–water partition coefficient (Wildman–Crippen LogP) is 3.83. The molecule has 0 aliphatic rings. The molecule has 0 aliphatic carbocycles. The molecule has 1 amide bonds. The number of carbonyl (C=O) groups excluding carboxylic acids is 1. The number of nitrogens with one attached hydrogen (secondary N) is 2. The van der Waals surface area contributed by atoms with E-state index in [1.165, 1.54) is 12.1 Å². The van der Waals surface area contributed by atoms with Crippen LogP contribution in [0.25, 0.3) is 0 Å². The average Bonchev–Trinajstić information content (AvgIpc) is 2.59. The molecule has 2 rings (SSSR count). The number of amides is 1. The van der Waals surface area contributed by atoms with E-state index in [0.717, 1.165) is 11.1 Å². The zero-order valence-corrected chi connectivity index (χ0v) is 17.4. The molecular formula is C20H25ClN2O3S. The normalized spacial score (nSPS) is 14.0. The number of halogens is 1. The summed E-state index contributed by atoms with van der Waals surface area (Å²) in [6.07, 6.45) is 0. The number of rotatable bonds is 7. The highest BCUT2D eigenvalue weighted by molar-refractivity contribution is 7.89. The van der Waals surface area contributed by atoms with Gasteiger partial charge in [-0.05, 0) is 49.6 Å². The summed E-state index contributed by atoms with van der Waals surface area (Å²) in [6.45, 7) is 7.30. The first kappa shape index (κ1) is 21.4. The molecule has 0 aliphatic heterocycles. The van der Waals surface area contributed by atoms with Crippen molar-refractivity contribution in [3.8, 4) is 0 Å². The van der Waals surface area contributed by atoms with Crippen molar-refractivity contribution in [2.24, 2.45) is 5.92 Å². The van der Waals surface area contributed by atoms with E-state index in [2.05, 4.69) is 10.0 Å². The lowest BCUT2D eigenvalue weighted by Crippen LogP contribution is -2.50. The van der Waals surface area contributed by atoms with Gasteiger partial charge in [-0.3, -0.25) is 4.79 Å². The molecule has 0 saturated carbocycles. The van der Waals surface area contributed by atoms with Gasteiger partial charge in [0.1, 0.15) is 6.04 Å². The van der Waals surface area contributed by atoms with Crippen LogP contribution in [-0.2, 0) is 14.8 Å². The average molecular weight is 409 g/mol. The summed E-state index contributed by atoms with van der Waals surface area (Å²) in [4.78, 5) is 12.9. The van der Waals surface area contributed by atoms with E-state index in [9.17, 15) is 13.2 Å². The van der Waals surface area contributed by atoms with Gasteiger partial charge in [-0.2, -0.15) is 4.72 Å². The predicted molar refractivity (Wildman–Crippen MR) is 108 cm³/mol. The van der Waals surface area contributed by atoms with Crippen LogP contribution >= 0.6 is 11.6 Å². The van der Waals surface area contributed by atoms with Gasteiger partial charge < -0.3 is 5.32 Å². The first-order chi connectivity index (χ1) is 12.6. The molecule has 2 aromatic carbocycles. The standard InChI is InChI=1S/C20H25ClN2O3S/c1-13(2)19(23-27(25,26)18-10-8-14(3)9-11-18)20(24)22-15(4)16-6-5-7-17(21)12-16/h5-13,15,19,23H,1-4H3,(H,22,24)/t15-,19-/m1/s1. The van der Waals surface area contributed by atoms with Crippen molar-refractivity contribution < 1.29 is 13.2 Å². The number of benzene rings is 2. The Labute approximate surface area is 166 Å². The highest BCUT2D eigenvalue weighted by Gasteiger charge is 2.29. The molecular weight excluding hydrogens is 384 g/mol. The maximum atomic E-state index is 12.7. The van der Waals surface area contributed by atoms with Crippen LogP contribution in [0.3, 0.4) is 0 Å². The van der Waals surface area contributed by atoms with Gasteiger partial charge in [0.2, 0.25) is 15.9 Å². The van der Waals surface area contributed by atoms with E-state index in [0.29, 0.717) is 5.02 Å². The molecule has 0 unspecified atom stereocenters. The minimum Gasteiger partial charge on any atom is -0.348 e. The van der Waals surface area contributed by atoms with Crippen LogP contribution < -0.4 is 10.0 Å². The number of sulfonamides is 1. The maximum absolute atomic E-state index is 12.7. The lowest BCUT2D eigenvalue weighted by molar-refractivity contribution is -0.124. The zero-order valence-electron chi connectivity index (χ0n) is 15.9. The number of carbonyl (C=O) groups is 1. The van der Waals surface area contributed by atoms with E-state index in [-0.39, 0.29) is 22.8 Å². The lowest BCUT2D eigenvalue weighted by Gasteiger charge is -2.24. The quantitative estimate of drug-likeness (QED) is 0.731. The Morgan fingerprint density at radius 1 is 1.04 bits per heavy atom. The van der Waals surface area contributed by atoms with Crippen LogP contribution in [-0.4, -0.2) is 20.4 Å². The van der Waals surface area contributed by atoms with E-state index in [4.69, 9.17) is 11.6 Å². The third-order valence-electron chi connectivity index (χ3n) is 4.27. The van der Waals surface area contributed by atoms with Gasteiger partial charge in [0.15, 0.2) is 0 Å². The largest absolute Gasteiger partial charge is 0.348 e.